The van der Waals surface area contributed by atoms with Crippen molar-refractivity contribution in [1.29, 1.82) is 0 Å². The number of amides is 1. The number of carbonyl (C=O) groups is 1. The second-order valence-electron chi connectivity index (χ2n) is 6.37. The monoisotopic (exact) mass is 447 g/mol. The van der Waals surface area contributed by atoms with E-state index >= 15 is 0 Å². The molecule has 1 aromatic heterocycles. The van der Waals surface area contributed by atoms with E-state index in [1.807, 2.05) is 62.6 Å². The number of ether oxygens (including phenoxy) is 1. The van der Waals surface area contributed by atoms with Crippen molar-refractivity contribution in [2.45, 2.75) is 6.42 Å². The lowest BCUT2D eigenvalue weighted by atomic mass is 10.3. The number of nitrogens with zero attached hydrogens (tertiary/aromatic N) is 3. The molecule has 5 nitrogen and oxygen atoms in total. The van der Waals surface area contributed by atoms with Crippen molar-refractivity contribution in [2.75, 3.05) is 38.7 Å². The number of benzene rings is 2. The summed E-state index contributed by atoms with van der Waals surface area (Å²) in [5.41, 5.74) is 0.904. The van der Waals surface area contributed by atoms with E-state index in [-0.39, 0.29) is 5.91 Å². The van der Waals surface area contributed by atoms with Gasteiger partial charge in [0.25, 0.3) is 0 Å². The number of carbonyl (C=O) groups excluding carboxylic acids is 1. The largest absolute Gasteiger partial charge is 0.493 e. The van der Waals surface area contributed by atoms with Gasteiger partial charge in [0.2, 0.25) is 5.91 Å². The van der Waals surface area contributed by atoms with Gasteiger partial charge >= 0.3 is 0 Å². The first-order chi connectivity index (χ1) is 13.0. The summed E-state index contributed by atoms with van der Waals surface area (Å²) in [5, 5.41) is 0.731. The Kier molecular flexibility index (Phi) is 6.82. The molecule has 7 heteroatoms. The Bertz CT molecular complexity index is 899. The van der Waals surface area contributed by atoms with E-state index in [0.29, 0.717) is 19.6 Å². The first-order valence-electron chi connectivity index (χ1n) is 8.72. The van der Waals surface area contributed by atoms with Crippen LogP contribution in [0.4, 0.5) is 5.13 Å². The fourth-order valence-corrected chi connectivity index (χ4v) is 4.10. The van der Waals surface area contributed by atoms with E-state index in [0.717, 1.165) is 32.1 Å². The van der Waals surface area contributed by atoms with Gasteiger partial charge < -0.3 is 9.64 Å². The van der Waals surface area contributed by atoms with Crippen LogP contribution < -0.4 is 9.64 Å². The third-order valence-electron chi connectivity index (χ3n) is 3.97. The van der Waals surface area contributed by atoms with Crippen molar-refractivity contribution in [1.82, 2.24) is 9.88 Å². The Labute approximate surface area is 171 Å². The van der Waals surface area contributed by atoms with E-state index in [1.54, 1.807) is 4.90 Å². The summed E-state index contributed by atoms with van der Waals surface area (Å²) < 4.78 is 7.75. The molecule has 1 heterocycles. The molecule has 3 rings (SSSR count). The Morgan fingerprint density at radius 2 is 1.93 bits per heavy atom. The zero-order valence-corrected chi connectivity index (χ0v) is 17.8. The van der Waals surface area contributed by atoms with Crippen LogP contribution in [0.3, 0.4) is 0 Å². The predicted molar refractivity (Wildman–Crippen MR) is 115 cm³/mol. The molecule has 27 heavy (non-hydrogen) atoms. The van der Waals surface area contributed by atoms with Crippen LogP contribution in [-0.4, -0.2) is 49.6 Å². The number of rotatable bonds is 8. The fraction of sp³-hybridized carbons (Fsp3) is 0.300. The van der Waals surface area contributed by atoms with Crippen molar-refractivity contribution < 1.29 is 9.53 Å². The summed E-state index contributed by atoms with van der Waals surface area (Å²) in [5.74, 6) is 0.792. The van der Waals surface area contributed by atoms with Crippen molar-refractivity contribution in [3.63, 3.8) is 0 Å². The molecule has 0 aliphatic heterocycles. The molecule has 0 radical (unpaired) electrons. The Balaban J connectivity index is 1.71. The van der Waals surface area contributed by atoms with Crippen LogP contribution >= 0.6 is 27.3 Å². The summed E-state index contributed by atoms with van der Waals surface area (Å²) in [6, 6.07) is 15.5. The molecule has 0 unspecified atom stereocenters. The third kappa shape index (κ3) is 5.51. The number of hydrogen-bond acceptors (Lipinski definition) is 5. The van der Waals surface area contributed by atoms with Gasteiger partial charge in [-0.3, -0.25) is 9.69 Å². The summed E-state index contributed by atoms with van der Waals surface area (Å²) in [4.78, 5) is 21.4. The maximum atomic E-state index is 12.9. The van der Waals surface area contributed by atoms with Crippen molar-refractivity contribution in [2.24, 2.45) is 0 Å². The zero-order chi connectivity index (χ0) is 19.2. The van der Waals surface area contributed by atoms with Crippen LogP contribution in [0, 0.1) is 0 Å². The van der Waals surface area contributed by atoms with E-state index in [1.165, 1.54) is 11.3 Å². The maximum Gasteiger partial charge on any atom is 0.232 e. The number of aromatic nitrogens is 1. The number of thiazole rings is 1. The second kappa shape index (κ2) is 9.30. The van der Waals surface area contributed by atoms with Gasteiger partial charge in [-0.1, -0.05) is 45.5 Å². The highest BCUT2D eigenvalue weighted by Crippen LogP contribution is 2.31. The predicted octanol–water partition coefficient (Wildman–Crippen LogP) is 4.42. The van der Waals surface area contributed by atoms with Crippen LogP contribution in [0.2, 0.25) is 0 Å². The Morgan fingerprint density at radius 3 is 2.67 bits per heavy atom. The minimum atomic E-state index is 0.0194. The lowest BCUT2D eigenvalue weighted by molar-refractivity contribution is -0.119. The average Bonchev–Trinajstić information content (AvgIpc) is 3.05. The first kappa shape index (κ1) is 19.8. The lowest BCUT2D eigenvalue weighted by Crippen LogP contribution is -2.37. The summed E-state index contributed by atoms with van der Waals surface area (Å²) in [6.45, 7) is 1.71. The molecule has 0 N–H and O–H groups in total. The van der Waals surface area contributed by atoms with Gasteiger partial charge in [0.1, 0.15) is 5.75 Å². The van der Waals surface area contributed by atoms with Crippen LogP contribution in [-0.2, 0) is 4.79 Å². The lowest BCUT2D eigenvalue weighted by Gasteiger charge is -2.22. The van der Waals surface area contributed by atoms with Gasteiger partial charge in [0.15, 0.2) is 5.13 Å². The van der Waals surface area contributed by atoms with Crippen LogP contribution in [0.15, 0.2) is 53.0 Å². The molecule has 0 fully saturated rings. The molecule has 0 aliphatic carbocycles. The Hall–Kier alpha value is -1.96. The maximum absolute atomic E-state index is 12.9. The van der Waals surface area contributed by atoms with Gasteiger partial charge in [0.05, 0.1) is 23.2 Å². The SMILES string of the molecule is CN(C)CCN(C(=O)CCOc1ccccc1)c1nc2ccc(Br)cc2s1. The van der Waals surface area contributed by atoms with Crippen LogP contribution in [0.25, 0.3) is 10.2 Å². The summed E-state index contributed by atoms with van der Waals surface area (Å²) >= 11 is 5.02. The fourth-order valence-electron chi connectivity index (χ4n) is 2.54. The van der Waals surface area contributed by atoms with E-state index < -0.39 is 0 Å². The zero-order valence-electron chi connectivity index (χ0n) is 15.4. The normalized spacial score (nSPS) is 11.1. The van der Waals surface area contributed by atoms with Gasteiger partial charge in [-0.15, -0.1) is 0 Å². The number of halogens is 1. The topological polar surface area (TPSA) is 45.7 Å². The van der Waals surface area contributed by atoms with Gasteiger partial charge in [-0.05, 0) is 44.4 Å². The molecule has 0 aliphatic rings. The van der Waals surface area contributed by atoms with Gasteiger partial charge in [-0.25, -0.2) is 4.98 Å². The van der Waals surface area contributed by atoms with Crippen LogP contribution in [0.1, 0.15) is 6.42 Å². The van der Waals surface area contributed by atoms with E-state index in [4.69, 9.17) is 4.74 Å². The molecule has 0 spiro atoms. The van der Waals surface area contributed by atoms with E-state index in [2.05, 4.69) is 25.8 Å². The smallest absolute Gasteiger partial charge is 0.232 e. The molecule has 0 atom stereocenters. The highest BCUT2D eigenvalue weighted by atomic mass is 79.9. The third-order valence-corrected chi connectivity index (χ3v) is 5.50. The quantitative estimate of drug-likeness (QED) is 0.512. The molecule has 0 bridgehead atoms. The molecular formula is C20H22BrN3O2S. The highest BCUT2D eigenvalue weighted by Gasteiger charge is 2.20. The molecule has 142 valence electrons. The van der Waals surface area contributed by atoms with Crippen molar-refractivity contribution in [3.05, 3.63) is 53.0 Å². The molecule has 2 aromatic carbocycles. The van der Waals surface area contributed by atoms with Gasteiger partial charge in [-0.2, -0.15) is 0 Å². The van der Waals surface area contributed by atoms with Crippen molar-refractivity contribution >= 4 is 48.5 Å². The molecule has 0 saturated heterocycles. The minimum Gasteiger partial charge on any atom is -0.493 e. The number of para-hydroxylation sites is 1. The minimum absolute atomic E-state index is 0.0194. The molecular weight excluding hydrogens is 426 g/mol. The second-order valence-corrected chi connectivity index (χ2v) is 8.29. The number of hydrogen-bond donors (Lipinski definition) is 0. The van der Waals surface area contributed by atoms with Gasteiger partial charge in [0, 0.05) is 17.6 Å². The highest BCUT2D eigenvalue weighted by molar-refractivity contribution is 9.10. The molecule has 0 saturated carbocycles. The summed E-state index contributed by atoms with van der Waals surface area (Å²) in [7, 11) is 3.99. The standard InChI is InChI=1S/C20H22BrN3O2S/c1-23(2)11-12-24(19(25)10-13-26-16-6-4-3-5-7-16)20-22-17-9-8-15(21)14-18(17)27-20/h3-9,14H,10-13H2,1-2H3. The number of anilines is 1. The van der Waals surface area contributed by atoms with E-state index in [9.17, 15) is 4.79 Å². The van der Waals surface area contributed by atoms with Crippen LogP contribution in [0.5, 0.6) is 5.75 Å². The van der Waals surface area contributed by atoms with Crippen molar-refractivity contribution in [3.8, 4) is 5.75 Å². The summed E-state index contributed by atoms with van der Waals surface area (Å²) in [6.07, 6.45) is 0.307. The first-order valence-corrected chi connectivity index (χ1v) is 10.3. The average molecular weight is 448 g/mol. The number of fused-ring (bicyclic) bond motifs is 1. The Morgan fingerprint density at radius 1 is 1.15 bits per heavy atom. The number of likely N-dealkylation sites (N-methyl/N-ethyl adjacent to an activating group) is 1. The molecule has 3 aromatic rings. The molecule has 1 amide bonds.